The van der Waals surface area contributed by atoms with Crippen molar-refractivity contribution in [2.24, 2.45) is 0 Å². The maximum atomic E-state index is 13.8. The smallest absolute Gasteiger partial charge is 0.146 e. The Hall–Kier alpha value is -1.55. The van der Waals surface area contributed by atoms with Crippen LogP contribution >= 0.6 is 15.9 Å². The number of fused-ring (bicyclic) bond motifs is 1. The van der Waals surface area contributed by atoms with Crippen LogP contribution in [0.3, 0.4) is 0 Å². The summed E-state index contributed by atoms with van der Waals surface area (Å²) in [5.74, 6) is 0.721. The van der Waals surface area contributed by atoms with Gasteiger partial charge in [0.1, 0.15) is 11.6 Å². The molecule has 0 radical (unpaired) electrons. The van der Waals surface area contributed by atoms with Crippen LogP contribution in [0.5, 0.6) is 5.75 Å². The molecule has 4 heteroatoms. The van der Waals surface area contributed by atoms with Gasteiger partial charge < -0.3 is 10.1 Å². The van der Waals surface area contributed by atoms with Crippen molar-refractivity contribution in [3.63, 3.8) is 0 Å². The molecule has 1 heterocycles. The quantitative estimate of drug-likeness (QED) is 0.877. The molecule has 2 aromatic rings. The molecule has 0 aromatic heterocycles. The molecule has 3 rings (SSSR count). The van der Waals surface area contributed by atoms with Gasteiger partial charge in [0.05, 0.1) is 12.3 Å². The van der Waals surface area contributed by atoms with Gasteiger partial charge in [0, 0.05) is 16.9 Å². The average molecular weight is 336 g/mol. The third-order valence-electron chi connectivity index (χ3n) is 3.51. The zero-order valence-electron chi connectivity index (χ0n) is 11.1. The number of nitrogens with one attached hydrogen (secondary N) is 1. The van der Waals surface area contributed by atoms with Crippen LogP contribution in [-0.2, 0) is 6.42 Å². The summed E-state index contributed by atoms with van der Waals surface area (Å²) >= 11 is 3.36. The van der Waals surface area contributed by atoms with Gasteiger partial charge in [-0.2, -0.15) is 0 Å². The predicted molar refractivity (Wildman–Crippen MR) is 81.8 cm³/mol. The first kappa shape index (κ1) is 13.4. The van der Waals surface area contributed by atoms with E-state index in [1.807, 2.05) is 19.1 Å². The number of rotatable bonds is 3. The Morgan fingerprint density at radius 3 is 2.95 bits per heavy atom. The number of halogens is 2. The Bertz CT molecular complexity index is 644. The highest BCUT2D eigenvalue weighted by atomic mass is 79.9. The summed E-state index contributed by atoms with van der Waals surface area (Å²) in [6.07, 6.45) is 0.946. The van der Waals surface area contributed by atoms with E-state index in [-0.39, 0.29) is 11.9 Å². The highest BCUT2D eigenvalue weighted by Gasteiger charge is 2.15. The minimum absolute atomic E-state index is 0.0321. The highest BCUT2D eigenvalue weighted by Crippen LogP contribution is 2.30. The predicted octanol–water partition coefficient (Wildman–Crippen LogP) is 4.70. The van der Waals surface area contributed by atoms with Crippen LogP contribution in [0.15, 0.2) is 40.9 Å². The fourth-order valence-corrected chi connectivity index (χ4v) is 2.76. The van der Waals surface area contributed by atoms with Crippen LogP contribution in [0.2, 0.25) is 0 Å². The van der Waals surface area contributed by atoms with E-state index in [1.54, 1.807) is 12.1 Å². The largest absolute Gasteiger partial charge is 0.493 e. The molecule has 0 saturated carbocycles. The van der Waals surface area contributed by atoms with Crippen molar-refractivity contribution in [3.05, 3.63) is 57.8 Å². The summed E-state index contributed by atoms with van der Waals surface area (Å²) in [4.78, 5) is 0. The summed E-state index contributed by atoms with van der Waals surface area (Å²) in [6, 6.07) is 11.1. The fraction of sp³-hybridized carbons (Fsp3) is 0.250. The monoisotopic (exact) mass is 335 g/mol. The molecule has 2 nitrogen and oxygen atoms in total. The van der Waals surface area contributed by atoms with Gasteiger partial charge >= 0.3 is 0 Å². The van der Waals surface area contributed by atoms with Crippen LogP contribution in [-0.4, -0.2) is 6.61 Å². The zero-order chi connectivity index (χ0) is 14.1. The molecular formula is C16H15BrFNO. The van der Waals surface area contributed by atoms with E-state index in [0.717, 1.165) is 28.8 Å². The SMILES string of the molecule is CC(Nc1cc(Br)ccc1F)c1ccc2c(c1)CCO2. The third-order valence-corrected chi connectivity index (χ3v) is 4.01. The van der Waals surface area contributed by atoms with Crippen LogP contribution < -0.4 is 10.1 Å². The van der Waals surface area contributed by atoms with Gasteiger partial charge in [-0.05, 0) is 48.4 Å². The maximum absolute atomic E-state index is 13.8. The molecule has 1 unspecified atom stereocenters. The molecule has 0 amide bonds. The van der Waals surface area contributed by atoms with E-state index >= 15 is 0 Å². The first-order valence-corrected chi connectivity index (χ1v) is 7.40. The lowest BCUT2D eigenvalue weighted by atomic mass is 10.0. The van der Waals surface area contributed by atoms with E-state index in [0.29, 0.717) is 5.69 Å². The molecular weight excluding hydrogens is 321 g/mol. The van der Waals surface area contributed by atoms with Crippen molar-refractivity contribution < 1.29 is 9.13 Å². The number of hydrogen-bond donors (Lipinski definition) is 1. The summed E-state index contributed by atoms with van der Waals surface area (Å²) < 4.78 is 20.1. The molecule has 0 fully saturated rings. The summed E-state index contributed by atoms with van der Waals surface area (Å²) in [7, 11) is 0. The standard InChI is InChI=1S/C16H15BrFNO/c1-10(19-15-9-13(17)3-4-14(15)18)11-2-5-16-12(8-11)6-7-20-16/h2-5,8-10,19H,6-7H2,1H3. The fourth-order valence-electron chi connectivity index (χ4n) is 2.40. The molecule has 20 heavy (non-hydrogen) atoms. The van der Waals surface area contributed by atoms with Gasteiger partial charge in [-0.25, -0.2) is 4.39 Å². The second-order valence-corrected chi connectivity index (χ2v) is 5.87. The first-order chi connectivity index (χ1) is 9.63. The van der Waals surface area contributed by atoms with E-state index in [2.05, 4.69) is 27.3 Å². The second-order valence-electron chi connectivity index (χ2n) is 4.96. The van der Waals surface area contributed by atoms with Crippen molar-refractivity contribution >= 4 is 21.6 Å². The van der Waals surface area contributed by atoms with Crippen LogP contribution in [0.25, 0.3) is 0 Å². The molecule has 2 aromatic carbocycles. The Balaban J connectivity index is 1.82. The number of ether oxygens (including phenoxy) is 1. The van der Waals surface area contributed by atoms with Crippen molar-refractivity contribution in [3.8, 4) is 5.75 Å². The summed E-state index contributed by atoms with van der Waals surface area (Å²) in [6.45, 7) is 2.78. The van der Waals surface area contributed by atoms with Crippen molar-refractivity contribution in [1.29, 1.82) is 0 Å². The van der Waals surface area contributed by atoms with E-state index in [1.165, 1.54) is 11.6 Å². The third kappa shape index (κ3) is 2.66. The Morgan fingerprint density at radius 2 is 2.10 bits per heavy atom. The minimum atomic E-state index is -0.246. The van der Waals surface area contributed by atoms with Gasteiger partial charge in [-0.3, -0.25) is 0 Å². The van der Waals surface area contributed by atoms with Gasteiger partial charge in [0.15, 0.2) is 0 Å². The maximum Gasteiger partial charge on any atom is 0.146 e. The van der Waals surface area contributed by atoms with E-state index < -0.39 is 0 Å². The molecule has 0 aliphatic carbocycles. The Morgan fingerprint density at radius 1 is 1.25 bits per heavy atom. The number of benzene rings is 2. The molecule has 104 valence electrons. The molecule has 1 aliphatic rings. The second kappa shape index (κ2) is 5.44. The molecule has 1 atom stereocenters. The van der Waals surface area contributed by atoms with Crippen LogP contribution in [0, 0.1) is 5.82 Å². The van der Waals surface area contributed by atoms with Gasteiger partial charge in [0.25, 0.3) is 0 Å². The van der Waals surface area contributed by atoms with Crippen LogP contribution in [0.1, 0.15) is 24.1 Å². The summed E-state index contributed by atoms with van der Waals surface area (Å²) in [5.41, 5.74) is 2.86. The van der Waals surface area contributed by atoms with Gasteiger partial charge in [-0.15, -0.1) is 0 Å². The van der Waals surface area contributed by atoms with Crippen molar-refractivity contribution in [2.45, 2.75) is 19.4 Å². The normalized spacial score (nSPS) is 14.6. The lowest BCUT2D eigenvalue weighted by Gasteiger charge is -2.17. The highest BCUT2D eigenvalue weighted by molar-refractivity contribution is 9.10. The van der Waals surface area contributed by atoms with Gasteiger partial charge in [0.2, 0.25) is 0 Å². The lowest BCUT2D eigenvalue weighted by molar-refractivity contribution is 0.357. The number of hydrogen-bond acceptors (Lipinski definition) is 2. The summed E-state index contributed by atoms with van der Waals surface area (Å²) in [5, 5.41) is 3.21. The number of anilines is 1. The van der Waals surface area contributed by atoms with Crippen molar-refractivity contribution in [2.75, 3.05) is 11.9 Å². The Kier molecular flexibility index (Phi) is 3.66. The Labute approximate surface area is 126 Å². The van der Waals surface area contributed by atoms with E-state index in [9.17, 15) is 4.39 Å². The van der Waals surface area contributed by atoms with E-state index in [4.69, 9.17) is 4.74 Å². The zero-order valence-corrected chi connectivity index (χ0v) is 12.7. The molecule has 0 saturated heterocycles. The lowest BCUT2D eigenvalue weighted by Crippen LogP contribution is -2.08. The molecule has 1 aliphatic heterocycles. The average Bonchev–Trinajstić information content (AvgIpc) is 2.90. The van der Waals surface area contributed by atoms with Crippen LogP contribution in [0.4, 0.5) is 10.1 Å². The topological polar surface area (TPSA) is 21.3 Å². The minimum Gasteiger partial charge on any atom is -0.493 e. The molecule has 1 N–H and O–H groups in total. The molecule has 0 spiro atoms. The molecule has 0 bridgehead atoms. The van der Waals surface area contributed by atoms with Gasteiger partial charge in [-0.1, -0.05) is 22.0 Å². The first-order valence-electron chi connectivity index (χ1n) is 6.61. The van der Waals surface area contributed by atoms with Crippen molar-refractivity contribution in [1.82, 2.24) is 0 Å².